The number of anilines is 3. The highest BCUT2D eigenvalue weighted by atomic mass is 35.5. The molecule has 1 aliphatic rings. The fourth-order valence-corrected chi connectivity index (χ4v) is 4.51. The summed E-state index contributed by atoms with van der Waals surface area (Å²) in [6.45, 7) is 11.3. The minimum absolute atomic E-state index is 0.377. The van der Waals surface area contributed by atoms with Crippen molar-refractivity contribution in [3.63, 3.8) is 0 Å². The molecule has 2 heterocycles. The van der Waals surface area contributed by atoms with Crippen LogP contribution in [-0.2, 0) is 0 Å². The first kappa shape index (κ1) is 24.9. The lowest BCUT2D eigenvalue weighted by molar-refractivity contribution is 0.385. The van der Waals surface area contributed by atoms with E-state index < -0.39 is 0 Å². The molecular weight excluding hydrogens is 478 g/mol. The molecule has 0 saturated carbocycles. The second-order valence-electron chi connectivity index (χ2n) is 8.79. The summed E-state index contributed by atoms with van der Waals surface area (Å²) in [5.74, 6) is 1.14. The summed E-state index contributed by atoms with van der Waals surface area (Å²) in [5.41, 5.74) is 6.20. The Kier molecular flexibility index (Phi) is 7.83. The van der Waals surface area contributed by atoms with Gasteiger partial charge >= 0.3 is 0 Å². The number of hydrogen-bond donors (Lipinski definition) is 2. The van der Waals surface area contributed by atoms with Crippen LogP contribution in [0.25, 0.3) is 0 Å². The largest absolute Gasteiger partial charge is 0.368 e. The minimum Gasteiger partial charge on any atom is -0.368 e. The van der Waals surface area contributed by atoms with Crippen LogP contribution in [-0.4, -0.2) is 52.1 Å². The quantitative estimate of drug-likeness (QED) is 0.281. The van der Waals surface area contributed by atoms with Crippen molar-refractivity contribution >= 4 is 52.2 Å². The van der Waals surface area contributed by atoms with Crippen molar-refractivity contribution in [1.29, 1.82) is 0 Å². The number of thiocarbonyl (C=S) groups is 1. The number of aryl methyl sites for hydroxylation is 4. The maximum Gasteiger partial charge on any atom is 0.229 e. The summed E-state index contributed by atoms with van der Waals surface area (Å²) in [4.78, 5) is 18.4. The van der Waals surface area contributed by atoms with Crippen LogP contribution in [0.2, 0.25) is 5.02 Å². The highest BCUT2D eigenvalue weighted by Gasteiger charge is 2.21. The molecule has 0 atom stereocenters. The van der Waals surface area contributed by atoms with Crippen LogP contribution < -0.4 is 15.5 Å². The smallest absolute Gasteiger partial charge is 0.229 e. The number of nitrogens with zero attached hydrogens (tertiary/aromatic N) is 5. The van der Waals surface area contributed by atoms with E-state index in [1.807, 2.05) is 32.0 Å². The Morgan fingerprint density at radius 2 is 1.46 bits per heavy atom. The van der Waals surface area contributed by atoms with Crippen LogP contribution >= 0.6 is 23.8 Å². The molecule has 9 heteroatoms. The number of aromatic nitrogens is 2. The van der Waals surface area contributed by atoms with Crippen molar-refractivity contribution in [3.05, 3.63) is 76.1 Å². The summed E-state index contributed by atoms with van der Waals surface area (Å²) < 4.78 is 0. The van der Waals surface area contributed by atoms with Gasteiger partial charge in [0.2, 0.25) is 17.0 Å². The average Bonchev–Trinajstić information content (AvgIpc) is 2.78. The van der Waals surface area contributed by atoms with E-state index in [0.29, 0.717) is 17.0 Å². The summed E-state index contributed by atoms with van der Waals surface area (Å²) in [6.07, 6.45) is 0. The predicted molar refractivity (Wildman–Crippen MR) is 150 cm³/mol. The first-order chi connectivity index (χ1) is 16.7. The number of hydrogen-bond acceptors (Lipinski definition) is 4. The molecule has 1 aliphatic heterocycles. The number of piperazine rings is 1. The van der Waals surface area contributed by atoms with Crippen LogP contribution in [0.3, 0.4) is 0 Å². The Bertz CT molecular complexity index is 1190. The topological polar surface area (TPSA) is 68.7 Å². The van der Waals surface area contributed by atoms with E-state index in [9.17, 15) is 0 Å². The van der Waals surface area contributed by atoms with Gasteiger partial charge in [-0.1, -0.05) is 17.7 Å². The molecule has 1 fully saturated rings. The summed E-state index contributed by atoms with van der Waals surface area (Å²) in [5, 5.41) is 7.69. The minimum atomic E-state index is 0.377. The SMILES string of the molecule is Cc1cc(C)cc(NC(=S)/N=C(/Nc2nc(C)cc(C)n2)N2CCN(c3ccc(Cl)cc3)CC2)c1. The van der Waals surface area contributed by atoms with Gasteiger partial charge in [-0.25, -0.2) is 9.97 Å². The van der Waals surface area contributed by atoms with E-state index in [-0.39, 0.29) is 0 Å². The zero-order chi connectivity index (χ0) is 24.9. The molecule has 0 spiro atoms. The Labute approximate surface area is 217 Å². The zero-order valence-electron chi connectivity index (χ0n) is 20.5. The number of nitrogens with one attached hydrogen (secondary N) is 2. The van der Waals surface area contributed by atoms with Crippen LogP contribution in [0.5, 0.6) is 0 Å². The molecule has 3 aromatic rings. The molecule has 1 saturated heterocycles. The van der Waals surface area contributed by atoms with Crippen molar-refractivity contribution < 1.29 is 0 Å². The predicted octanol–water partition coefficient (Wildman–Crippen LogP) is 5.35. The Balaban J connectivity index is 1.54. The highest BCUT2D eigenvalue weighted by molar-refractivity contribution is 7.80. The number of aliphatic imine (C=N–C) groups is 1. The van der Waals surface area contributed by atoms with Crippen molar-refractivity contribution in [1.82, 2.24) is 14.9 Å². The zero-order valence-corrected chi connectivity index (χ0v) is 22.0. The van der Waals surface area contributed by atoms with E-state index in [1.54, 1.807) is 0 Å². The fourth-order valence-electron chi connectivity index (χ4n) is 4.18. The Morgan fingerprint density at radius 3 is 2.06 bits per heavy atom. The molecule has 0 bridgehead atoms. The van der Waals surface area contributed by atoms with Crippen molar-refractivity contribution in [2.75, 3.05) is 41.7 Å². The maximum atomic E-state index is 6.06. The van der Waals surface area contributed by atoms with Gasteiger partial charge < -0.3 is 15.1 Å². The normalized spacial score (nSPS) is 14.1. The second kappa shape index (κ2) is 11.0. The van der Waals surface area contributed by atoms with Crippen LogP contribution in [0, 0.1) is 27.7 Å². The highest BCUT2D eigenvalue weighted by Crippen LogP contribution is 2.20. The van der Waals surface area contributed by atoms with Gasteiger partial charge in [-0.3, -0.25) is 5.32 Å². The van der Waals surface area contributed by atoms with Gasteiger partial charge in [-0.15, -0.1) is 0 Å². The molecule has 35 heavy (non-hydrogen) atoms. The van der Waals surface area contributed by atoms with Gasteiger partial charge in [0.1, 0.15) is 0 Å². The van der Waals surface area contributed by atoms with Gasteiger partial charge in [0.25, 0.3) is 0 Å². The molecule has 0 unspecified atom stereocenters. The van der Waals surface area contributed by atoms with Crippen molar-refractivity contribution in [2.45, 2.75) is 27.7 Å². The van der Waals surface area contributed by atoms with E-state index >= 15 is 0 Å². The molecule has 7 nitrogen and oxygen atoms in total. The van der Waals surface area contributed by atoms with Gasteiger partial charge in [-0.2, -0.15) is 4.99 Å². The number of benzene rings is 2. The molecule has 0 radical (unpaired) electrons. The standard InChI is InChI=1S/C26H30ClN7S/c1-17-13-18(2)15-22(14-17)30-26(35)32-25(31-24-28-19(3)16-20(4)29-24)34-11-9-33(10-12-34)23-7-5-21(27)6-8-23/h5-8,13-16H,9-12H2,1-4H3,(H2,28,29,30,31,32,35). The number of halogens is 1. The van der Waals surface area contributed by atoms with Crippen molar-refractivity contribution in [2.24, 2.45) is 4.99 Å². The number of rotatable bonds is 3. The first-order valence-electron chi connectivity index (χ1n) is 11.6. The third-order valence-electron chi connectivity index (χ3n) is 5.66. The fraction of sp³-hybridized carbons (Fsp3) is 0.308. The van der Waals surface area contributed by atoms with Gasteiger partial charge in [0.05, 0.1) is 0 Å². The molecule has 1 aromatic heterocycles. The van der Waals surface area contributed by atoms with Crippen LogP contribution in [0.1, 0.15) is 22.5 Å². The molecular formula is C26H30ClN7S. The first-order valence-corrected chi connectivity index (χ1v) is 12.4. The third kappa shape index (κ3) is 6.90. The van der Waals surface area contributed by atoms with Crippen LogP contribution in [0.15, 0.2) is 53.5 Å². The molecule has 0 amide bonds. The summed E-state index contributed by atoms with van der Waals surface area (Å²) >= 11 is 11.7. The lowest BCUT2D eigenvalue weighted by atomic mass is 10.1. The van der Waals surface area contributed by atoms with Gasteiger partial charge in [0, 0.05) is 54.0 Å². The monoisotopic (exact) mass is 507 g/mol. The molecule has 182 valence electrons. The van der Waals surface area contributed by atoms with E-state index in [2.05, 4.69) is 74.6 Å². The van der Waals surface area contributed by atoms with Crippen molar-refractivity contribution in [3.8, 4) is 0 Å². The van der Waals surface area contributed by atoms with E-state index in [4.69, 9.17) is 28.8 Å². The Hall–Kier alpha value is -3.23. The molecule has 2 aromatic carbocycles. The van der Waals surface area contributed by atoms with Gasteiger partial charge in [0.15, 0.2) is 0 Å². The third-order valence-corrected chi connectivity index (χ3v) is 6.10. The Morgan fingerprint density at radius 1 is 0.857 bits per heavy atom. The lowest BCUT2D eigenvalue weighted by Crippen LogP contribution is -2.51. The molecule has 0 aliphatic carbocycles. The maximum absolute atomic E-state index is 6.06. The average molecular weight is 508 g/mol. The van der Waals surface area contributed by atoms with E-state index in [1.165, 1.54) is 11.1 Å². The second-order valence-corrected chi connectivity index (χ2v) is 9.61. The van der Waals surface area contributed by atoms with Crippen LogP contribution in [0.4, 0.5) is 17.3 Å². The lowest BCUT2D eigenvalue weighted by Gasteiger charge is -2.37. The summed E-state index contributed by atoms with van der Waals surface area (Å²) in [6, 6.07) is 16.1. The van der Waals surface area contributed by atoms with E-state index in [0.717, 1.165) is 54.0 Å². The molecule has 4 rings (SSSR count). The summed E-state index contributed by atoms with van der Waals surface area (Å²) in [7, 11) is 0. The number of guanidine groups is 1. The van der Waals surface area contributed by atoms with Gasteiger partial charge in [-0.05, 0) is 93.5 Å². The molecule has 2 N–H and O–H groups in total.